The van der Waals surface area contributed by atoms with Gasteiger partial charge >= 0.3 is 0 Å². The van der Waals surface area contributed by atoms with Gasteiger partial charge in [0.25, 0.3) is 0 Å². The second kappa shape index (κ2) is 4.57. The molecule has 2 heteroatoms. The molecule has 0 aromatic heterocycles. The van der Waals surface area contributed by atoms with Crippen LogP contribution in [0.2, 0.25) is 0 Å². The first-order valence-corrected chi connectivity index (χ1v) is 3.81. The minimum atomic E-state index is 0.504. The Balaban J connectivity index is 2.65. The molecular formula is C10H12NO. The Kier molecular flexibility index (Phi) is 3.35. The van der Waals surface area contributed by atoms with E-state index < -0.39 is 0 Å². The van der Waals surface area contributed by atoms with Crippen molar-refractivity contribution in [1.82, 2.24) is 0 Å². The van der Waals surface area contributed by atoms with Gasteiger partial charge in [0, 0.05) is 12.6 Å². The molecule has 2 N–H and O–H groups in total. The molecule has 0 heterocycles. The van der Waals surface area contributed by atoms with E-state index in [2.05, 4.69) is 12.6 Å². The van der Waals surface area contributed by atoms with Crippen LogP contribution in [-0.4, -0.2) is 6.61 Å². The highest BCUT2D eigenvalue weighted by molar-refractivity contribution is 5.27. The third-order valence-electron chi connectivity index (χ3n) is 1.43. The van der Waals surface area contributed by atoms with Gasteiger partial charge in [-0.1, -0.05) is 24.8 Å². The molecule has 1 radical (unpaired) electrons. The molecule has 0 saturated heterocycles. The monoisotopic (exact) mass is 162 g/mol. The average Bonchev–Trinajstić information content (AvgIpc) is 2.15. The molecule has 0 unspecified atom stereocenters. The fraction of sp³-hybridized carbons (Fsp3) is 0.200. The maximum Gasteiger partial charge on any atom is 0.128 e. The van der Waals surface area contributed by atoms with Crippen LogP contribution < -0.4 is 10.5 Å². The van der Waals surface area contributed by atoms with Crippen LogP contribution in [0, 0.1) is 6.07 Å². The molecule has 0 saturated carbocycles. The molecule has 63 valence electrons. The van der Waals surface area contributed by atoms with E-state index in [1.165, 1.54) is 0 Å². The zero-order valence-corrected chi connectivity index (χ0v) is 6.92. The Hall–Kier alpha value is -1.28. The van der Waals surface area contributed by atoms with Gasteiger partial charge in [0.05, 0.1) is 0 Å². The van der Waals surface area contributed by atoms with Crippen molar-refractivity contribution in [1.29, 1.82) is 0 Å². The van der Waals surface area contributed by atoms with Crippen LogP contribution >= 0.6 is 0 Å². The fourth-order valence-electron chi connectivity index (χ4n) is 0.848. The third kappa shape index (κ3) is 2.40. The molecule has 0 aliphatic carbocycles. The van der Waals surface area contributed by atoms with E-state index in [-0.39, 0.29) is 0 Å². The minimum absolute atomic E-state index is 0.504. The van der Waals surface area contributed by atoms with Crippen LogP contribution in [0.1, 0.15) is 5.56 Å². The Morgan fingerprint density at radius 2 is 2.50 bits per heavy atom. The van der Waals surface area contributed by atoms with Gasteiger partial charge in [0.15, 0.2) is 0 Å². The van der Waals surface area contributed by atoms with Crippen LogP contribution in [0.25, 0.3) is 0 Å². The van der Waals surface area contributed by atoms with Gasteiger partial charge in [-0.2, -0.15) is 0 Å². The van der Waals surface area contributed by atoms with Crippen LogP contribution in [0.3, 0.4) is 0 Å². The van der Waals surface area contributed by atoms with Gasteiger partial charge < -0.3 is 10.5 Å². The quantitative estimate of drug-likeness (QED) is 0.681. The van der Waals surface area contributed by atoms with E-state index in [1.807, 2.05) is 12.1 Å². The van der Waals surface area contributed by atoms with Crippen molar-refractivity contribution in [2.75, 3.05) is 6.61 Å². The van der Waals surface area contributed by atoms with Crippen molar-refractivity contribution in [3.8, 4) is 5.75 Å². The first kappa shape index (κ1) is 8.81. The van der Waals surface area contributed by atoms with Gasteiger partial charge in [-0.25, -0.2) is 0 Å². The van der Waals surface area contributed by atoms with E-state index >= 15 is 0 Å². The van der Waals surface area contributed by atoms with Crippen LogP contribution in [0.5, 0.6) is 5.75 Å². The van der Waals surface area contributed by atoms with Crippen LogP contribution in [0.15, 0.2) is 30.9 Å². The van der Waals surface area contributed by atoms with Crippen molar-refractivity contribution in [2.24, 2.45) is 5.73 Å². The first-order valence-electron chi connectivity index (χ1n) is 3.81. The Morgan fingerprint density at radius 1 is 1.67 bits per heavy atom. The van der Waals surface area contributed by atoms with Crippen molar-refractivity contribution >= 4 is 0 Å². The zero-order valence-electron chi connectivity index (χ0n) is 6.92. The summed E-state index contributed by atoms with van der Waals surface area (Å²) >= 11 is 0. The van der Waals surface area contributed by atoms with Gasteiger partial charge in [-0.15, -0.1) is 0 Å². The summed E-state index contributed by atoms with van der Waals surface area (Å²) in [5, 5.41) is 0. The minimum Gasteiger partial charge on any atom is -0.489 e. The lowest BCUT2D eigenvalue weighted by atomic mass is 10.2. The molecule has 0 amide bonds. The van der Waals surface area contributed by atoms with E-state index in [0.717, 1.165) is 11.3 Å². The molecule has 12 heavy (non-hydrogen) atoms. The SMILES string of the molecule is C=CCOc1[c]ccc(CN)c1. The molecule has 0 aliphatic rings. The molecule has 1 aromatic rings. The summed E-state index contributed by atoms with van der Waals surface area (Å²) in [5.74, 6) is 0.720. The van der Waals surface area contributed by atoms with Gasteiger partial charge in [-0.3, -0.25) is 0 Å². The molecule has 0 bridgehead atoms. The average molecular weight is 162 g/mol. The summed E-state index contributed by atoms with van der Waals surface area (Å²) in [6.45, 7) is 4.59. The second-order valence-electron chi connectivity index (χ2n) is 2.36. The lowest BCUT2D eigenvalue weighted by Crippen LogP contribution is -1.98. The van der Waals surface area contributed by atoms with Crippen LogP contribution in [0.4, 0.5) is 0 Å². The van der Waals surface area contributed by atoms with Crippen molar-refractivity contribution in [3.63, 3.8) is 0 Å². The first-order chi connectivity index (χ1) is 5.86. The lowest BCUT2D eigenvalue weighted by Gasteiger charge is -2.03. The highest BCUT2D eigenvalue weighted by Gasteiger charge is 1.93. The summed E-state index contributed by atoms with van der Waals surface area (Å²) in [7, 11) is 0. The molecule has 2 nitrogen and oxygen atoms in total. The summed E-state index contributed by atoms with van der Waals surface area (Å²) in [6, 6.07) is 8.55. The van der Waals surface area contributed by atoms with E-state index in [0.29, 0.717) is 13.2 Å². The maximum atomic E-state index is 5.46. The highest BCUT2D eigenvalue weighted by Crippen LogP contribution is 2.11. The number of hydrogen-bond acceptors (Lipinski definition) is 2. The fourth-order valence-corrected chi connectivity index (χ4v) is 0.848. The number of hydrogen-bond donors (Lipinski definition) is 1. The Morgan fingerprint density at radius 3 is 3.17 bits per heavy atom. The largest absolute Gasteiger partial charge is 0.489 e. The summed E-state index contributed by atoms with van der Waals surface area (Å²) < 4.78 is 5.27. The van der Waals surface area contributed by atoms with Crippen LogP contribution in [-0.2, 0) is 6.54 Å². The molecule has 0 spiro atoms. The lowest BCUT2D eigenvalue weighted by molar-refractivity contribution is 0.362. The van der Waals surface area contributed by atoms with Crippen molar-refractivity contribution in [2.45, 2.75) is 6.54 Å². The van der Waals surface area contributed by atoms with Crippen molar-refractivity contribution < 1.29 is 4.74 Å². The predicted octanol–water partition coefficient (Wildman–Crippen LogP) is 1.51. The highest BCUT2D eigenvalue weighted by atomic mass is 16.5. The third-order valence-corrected chi connectivity index (χ3v) is 1.43. The number of benzene rings is 1. The molecule has 1 aromatic carbocycles. The van der Waals surface area contributed by atoms with E-state index in [1.54, 1.807) is 12.1 Å². The number of ether oxygens (including phenoxy) is 1. The maximum absolute atomic E-state index is 5.46. The normalized spacial score (nSPS) is 9.42. The van der Waals surface area contributed by atoms with E-state index in [9.17, 15) is 0 Å². The number of nitrogens with two attached hydrogens (primary N) is 1. The van der Waals surface area contributed by atoms with Gasteiger partial charge in [0.1, 0.15) is 12.4 Å². The summed E-state index contributed by atoms with van der Waals surface area (Å²) in [6.07, 6.45) is 1.70. The predicted molar refractivity (Wildman–Crippen MR) is 48.9 cm³/mol. The Labute approximate surface area is 72.7 Å². The smallest absolute Gasteiger partial charge is 0.128 e. The van der Waals surface area contributed by atoms with Gasteiger partial charge in [0.2, 0.25) is 0 Å². The standard InChI is InChI=1S/C10H12NO/c1-2-6-12-10-5-3-4-9(7-10)8-11/h2-4,7H,1,6,8,11H2. The summed E-state index contributed by atoms with van der Waals surface area (Å²) in [5.41, 5.74) is 6.51. The van der Waals surface area contributed by atoms with Crippen molar-refractivity contribution in [3.05, 3.63) is 42.5 Å². The van der Waals surface area contributed by atoms with E-state index in [4.69, 9.17) is 10.5 Å². The second-order valence-corrected chi connectivity index (χ2v) is 2.36. The number of rotatable bonds is 4. The molecular weight excluding hydrogens is 150 g/mol. The topological polar surface area (TPSA) is 35.2 Å². The van der Waals surface area contributed by atoms with Gasteiger partial charge in [-0.05, 0) is 11.6 Å². The Bertz CT molecular complexity index is 258. The molecule has 0 aliphatic heterocycles. The molecule has 0 atom stereocenters. The summed E-state index contributed by atoms with van der Waals surface area (Å²) in [4.78, 5) is 0. The zero-order chi connectivity index (χ0) is 8.81. The molecule has 1 rings (SSSR count). The molecule has 0 fully saturated rings.